The summed E-state index contributed by atoms with van der Waals surface area (Å²) >= 11 is 0. The zero-order chi connectivity index (χ0) is 19.7. The largest absolute Gasteiger partial charge is 0.384 e. The number of hydrogen-bond donors (Lipinski definition) is 1. The van der Waals surface area contributed by atoms with Crippen molar-refractivity contribution >= 4 is 23.4 Å². The van der Waals surface area contributed by atoms with Gasteiger partial charge in [0.25, 0.3) is 0 Å². The normalized spacial score (nSPS) is 15.8. The summed E-state index contributed by atoms with van der Waals surface area (Å²) in [6, 6.07) is 11.9. The van der Waals surface area contributed by atoms with E-state index in [0.717, 1.165) is 48.3 Å². The molecule has 1 fully saturated rings. The van der Waals surface area contributed by atoms with E-state index >= 15 is 0 Å². The van der Waals surface area contributed by atoms with Crippen LogP contribution in [-0.4, -0.2) is 51.5 Å². The number of nitrogens with one attached hydrogen (secondary N) is 1. The Hall–Kier alpha value is -2.81. The van der Waals surface area contributed by atoms with E-state index in [2.05, 4.69) is 20.4 Å². The maximum Gasteiger partial charge on any atom is 0.235 e. The topological polar surface area (TPSA) is 90.9 Å². The van der Waals surface area contributed by atoms with Crippen molar-refractivity contribution in [3.63, 3.8) is 0 Å². The quantitative estimate of drug-likeness (QED) is 0.524. The van der Waals surface area contributed by atoms with Gasteiger partial charge in [0.05, 0.1) is 23.1 Å². The molecule has 5 rings (SSSR count). The summed E-state index contributed by atoms with van der Waals surface area (Å²) in [5.74, 6) is 1.98. The third-order valence-corrected chi connectivity index (χ3v) is 5.57. The van der Waals surface area contributed by atoms with Crippen LogP contribution < -0.4 is 5.32 Å². The first-order valence-electron chi connectivity index (χ1n) is 9.72. The van der Waals surface area contributed by atoms with Crippen LogP contribution in [0.2, 0.25) is 0 Å². The van der Waals surface area contributed by atoms with E-state index in [1.807, 2.05) is 41.0 Å². The molecule has 30 heavy (non-hydrogen) atoms. The lowest BCUT2D eigenvalue weighted by Gasteiger charge is -2.33. The van der Waals surface area contributed by atoms with Gasteiger partial charge in [-0.05, 0) is 50.2 Å². The Morgan fingerprint density at radius 1 is 1.13 bits per heavy atom. The molecule has 4 aromatic rings. The van der Waals surface area contributed by atoms with Crippen molar-refractivity contribution in [3.8, 4) is 17.2 Å². The first-order valence-corrected chi connectivity index (χ1v) is 9.72. The number of halogens is 1. The first-order chi connectivity index (χ1) is 14.3. The molecule has 8 nitrogen and oxygen atoms in total. The fourth-order valence-corrected chi connectivity index (χ4v) is 3.96. The molecular weight excluding hydrogens is 404 g/mol. The predicted molar refractivity (Wildman–Crippen MR) is 115 cm³/mol. The summed E-state index contributed by atoms with van der Waals surface area (Å²) in [5, 5.41) is 7.59. The molecule has 0 radical (unpaired) electrons. The summed E-state index contributed by atoms with van der Waals surface area (Å²) in [6.07, 6.45) is 5.37. The molecule has 0 bridgehead atoms. The minimum absolute atomic E-state index is 0. The lowest BCUT2D eigenvalue weighted by molar-refractivity contribution is 0.0850. The van der Waals surface area contributed by atoms with E-state index in [4.69, 9.17) is 14.2 Å². The second-order valence-electron chi connectivity index (χ2n) is 7.39. The third-order valence-electron chi connectivity index (χ3n) is 5.57. The smallest absolute Gasteiger partial charge is 0.235 e. The monoisotopic (exact) mass is 426 g/mol. The van der Waals surface area contributed by atoms with E-state index in [-0.39, 0.29) is 17.8 Å². The molecule has 0 aliphatic carbocycles. The van der Waals surface area contributed by atoms with Crippen LogP contribution in [0.5, 0.6) is 0 Å². The Kier molecular flexibility index (Phi) is 5.80. The van der Waals surface area contributed by atoms with Gasteiger partial charge in [0.1, 0.15) is 12.1 Å². The van der Waals surface area contributed by atoms with Gasteiger partial charge < -0.3 is 14.6 Å². The van der Waals surface area contributed by atoms with Crippen LogP contribution in [-0.2, 0) is 10.2 Å². The van der Waals surface area contributed by atoms with Crippen molar-refractivity contribution in [2.24, 2.45) is 0 Å². The van der Waals surface area contributed by atoms with Gasteiger partial charge in [-0.2, -0.15) is 4.98 Å². The number of imidazole rings is 1. The van der Waals surface area contributed by atoms with Gasteiger partial charge in [-0.3, -0.25) is 4.57 Å². The zero-order valence-corrected chi connectivity index (χ0v) is 17.4. The second kappa shape index (κ2) is 8.51. The van der Waals surface area contributed by atoms with E-state index in [0.29, 0.717) is 18.3 Å². The van der Waals surface area contributed by atoms with Gasteiger partial charge >= 0.3 is 0 Å². The standard InChI is InChI=1S/C21H22N6O2.ClH/c1-28-13-21(8-10-22-11-9-21)20-25-19(26-29-20)15-6-7-18(23-12-15)27-14-24-16-4-2-3-5-17(16)27;/h2-7,12,14,22H,8-11,13H2,1H3;1H. The Morgan fingerprint density at radius 2 is 1.97 bits per heavy atom. The zero-order valence-electron chi connectivity index (χ0n) is 16.6. The van der Waals surface area contributed by atoms with Crippen LogP contribution in [0.15, 0.2) is 53.4 Å². The predicted octanol–water partition coefficient (Wildman–Crippen LogP) is 3.16. The van der Waals surface area contributed by atoms with Crippen LogP contribution in [0.3, 0.4) is 0 Å². The summed E-state index contributed by atoms with van der Waals surface area (Å²) in [5.41, 5.74) is 2.54. The molecule has 0 spiro atoms. The molecule has 0 saturated carbocycles. The first kappa shape index (κ1) is 20.5. The highest BCUT2D eigenvalue weighted by atomic mass is 35.5. The minimum atomic E-state index is -0.228. The van der Waals surface area contributed by atoms with E-state index in [1.165, 1.54) is 0 Å². The van der Waals surface area contributed by atoms with Gasteiger partial charge in [0.15, 0.2) is 0 Å². The number of pyridine rings is 1. The average molecular weight is 427 g/mol. The van der Waals surface area contributed by atoms with Gasteiger partial charge in [-0.1, -0.05) is 17.3 Å². The summed E-state index contributed by atoms with van der Waals surface area (Å²) in [4.78, 5) is 13.7. The number of rotatable bonds is 5. The van der Waals surface area contributed by atoms with Crippen molar-refractivity contribution in [3.05, 3.63) is 54.8 Å². The molecule has 9 heteroatoms. The number of piperidine rings is 1. The Labute approximate surface area is 180 Å². The maximum absolute atomic E-state index is 5.66. The second-order valence-corrected chi connectivity index (χ2v) is 7.39. The fourth-order valence-electron chi connectivity index (χ4n) is 3.96. The number of fused-ring (bicyclic) bond motifs is 1. The number of benzene rings is 1. The Balaban J connectivity index is 0.00000218. The van der Waals surface area contributed by atoms with Crippen molar-refractivity contribution in [2.75, 3.05) is 26.8 Å². The average Bonchev–Trinajstić information content (AvgIpc) is 3.43. The maximum atomic E-state index is 5.66. The highest BCUT2D eigenvalue weighted by molar-refractivity contribution is 5.85. The molecule has 1 aliphatic heterocycles. The van der Waals surface area contributed by atoms with Crippen LogP contribution in [0.4, 0.5) is 0 Å². The third kappa shape index (κ3) is 3.58. The van der Waals surface area contributed by atoms with E-state index < -0.39 is 0 Å². The lowest BCUT2D eigenvalue weighted by Crippen LogP contribution is -2.43. The highest BCUT2D eigenvalue weighted by Gasteiger charge is 2.39. The minimum Gasteiger partial charge on any atom is -0.384 e. The molecule has 1 aliphatic rings. The fraction of sp³-hybridized carbons (Fsp3) is 0.333. The Morgan fingerprint density at radius 3 is 2.73 bits per heavy atom. The van der Waals surface area contributed by atoms with Crippen molar-refractivity contribution in [2.45, 2.75) is 18.3 Å². The Bertz CT molecular complexity index is 1110. The molecule has 4 heterocycles. The molecule has 0 unspecified atom stereocenters. The molecular formula is C21H23ClN6O2. The van der Waals surface area contributed by atoms with E-state index in [1.54, 1.807) is 19.6 Å². The van der Waals surface area contributed by atoms with Crippen molar-refractivity contribution in [1.82, 2.24) is 30.0 Å². The summed E-state index contributed by atoms with van der Waals surface area (Å²) in [7, 11) is 1.71. The molecule has 0 amide bonds. The lowest BCUT2D eigenvalue weighted by atomic mass is 9.79. The van der Waals surface area contributed by atoms with Crippen LogP contribution in [0.1, 0.15) is 18.7 Å². The molecule has 1 N–H and O–H groups in total. The van der Waals surface area contributed by atoms with Crippen LogP contribution >= 0.6 is 12.4 Å². The number of methoxy groups -OCH3 is 1. The van der Waals surface area contributed by atoms with Gasteiger partial charge in [-0.25, -0.2) is 9.97 Å². The van der Waals surface area contributed by atoms with Gasteiger partial charge in [0, 0.05) is 18.9 Å². The van der Waals surface area contributed by atoms with Crippen LogP contribution in [0.25, 0.3) is 28.2 Å². The number of aromatic nitrogens is 5. The van der Waals surface area contributed by atoms with Gasteiger partial charge in [0.2, 0.25) is 11.7 Å². The summed E-state index contributed by atoms with van der Waals surface area (Å²) < 4.78 is 13.1. The number of para-hydroxylation sites is 2. The van der Waals surface area contributed by atoms with Gasteiger partial charge in [-0.15, -0.1) is 12.4 Å². The van der Waals surface area contributed by atoms with Crippen molar-refractivity contribution in [1.29, 1.82) is 0 Å². The molecule has 1 saturated heterocycles. The SMILES string of the molecule is COCC1(c2nc(-c3ccc(-n4cnc5ccccc54)nc3)no2)CCNCC1.Cl. The van der Waals surface area contributed by atoms with Crippen LogP contribution in [0, 0.1) is 0 Å². The van der Waals surface area contributed by atoms with Crippen molar-refractivity contribution < 1.29 is 9.26 Å². The number of nitrogens with zero attached hydrogens (tertiary/aromatic N) is 5. The summed E-state index contributed by atoms with van der Waals surface area (Å²) in [6.45, 7) is 2.40. The molecule has 1 aromatic carbocycles. The highest BCUT2D eigenvalue weighted by Crippen LogP contribution is 2.33. The van der Waals surface area contributed by atoms with E-state index in [9.17, 15) is 0 Å². The number of ether oxygens (including phenoxy) is 1. The molecule has 156 valence electrons. The molecule has 0 atom stereocenters. The number of hydrogen-bond acceptors (Lipinski definition) is 7. The molecule has 3 aromatic heterocycles.